The van der Waals surface area contributed by atoms with Gasteiger partial charge in [0, 0.05) is 10.9 Å². The summed E-state index contributed by atoms with van der Waals surface area (Å²) in [6, 6.07) is 19.3. The smallest absolute Gasteiger partial charge is 0.0655 e. The Hall–Kier alpha value is -1.96. The Bertz CT molecular complexity index is 1000. The van der Waals surface area contributed by atoms with Crippen LogP contribution in [0.5, 0.6) is 0 Å². The summed E-state index contributed by atoms with van der Waals surface area (Å²) in [5, 5.41) is 7.73. The Kier molecular flexibility index (Phi) is 3.55. The van der Waals surface area contributed by atoms with Gasteiger partial charge in [-0.2, -0.15) is 0 Å². The lowest BCUT2D eigenvalue weighted by Gasteiger charge is -2.38. The van der Waals surface area contributed by atoms with Crippen LogP contribution in [0.25, 0.3) is 10.8 Å². The molecule has 1 aliphatic carbocycles. The average molecular weight is 366 g/mol. The van der Waals surface area contributed by atoms with E-state index in [1.807, 2.05) is 6.07 Å². The molecule has 2 aliphatic rings. The number of nitrogens with one attached hydrogen (secondary N) is 1. The van der Waals surface area contributed by atoms with Gasteiger partial charge in [0.05, 0.1) is 16.8 Å². The molecule has 3 aromatic carbocycles. The number of anilines is 1. The first-order valence-corrected chi connectivity index (χ1v) is 9.38. The maximum absolute atomic E-state index is 6.54. The predicted molar refractivity (Wildman–Crippen MR) is 107 cm³/mol. The van der Waals surface area contributed by atoms with Gasteiger partial charge in [0.1, 0.15) is 0 Å². The number of hydrogen-bond donors (Lipinski definition) is 1. The van der Waals surface area contributed by atoms with Crippen LogP contribution in [-0.2, 0) is 0 Å². The van der Waals surface area contributed by atoms with Crippen molar-refractivity contribution in [2.45, 2.75) is 18.4 Å². The minimum absolute atomic E-state index is 0.234. The molecular weight excluding hydrogens is 349 g/mol. The zero-order valence-electron chi connectivity index (χ0n) is 13.5. The van der Waals surface area contributed by atoms with E-state index in [2.05, 4.69) is 66.0 Å². The van der Waals surface area contributed by atoms with Crippen LogP contribution in [-0.4, -0.2) is 0 Å². The summed E-state index contributed by atoms with van der Waals surface area (Å²) >= 11 is 12.8. The highest BCUT2D eigenvalue weighted by atomic mass is 35.5. The lowest BCUT2D eigenvalue weighted by Crippen LogP contribution is -2.29. The lowest BCUT2D eigenvalue weighted by molar-refractivity contribution is 0.427. The molecule has 0 spiro atoms. The Balaban J connectivity index is 1.70. The Morgan fingerprint density at radius 3 is 2.68 bits per heavy atom. The molecule has 0 bridgehead atoms. The van der Waals surface area contributed by atoms with Crippen molar-refractivity contribution >= 4 is 39.7 Å². The molecule has 0 fully saturated rings. The number of fused-ring (bicyclic) bond motifs is 4. The van der Waals surface area contributed by atoms with Crippen LogP contribution >= 0.6 is 23.2 Å². The van der Waals surface area contributed by atoms with Crippen molar-refractivity contribution in [1.82, 2.24) is 0 Å². The monoisotopic (exact) mass is 365 g/mol. The molecule has 0 aromatic heterocycles. The van der Waals surface area contributed by atoms with Gasteiger partial charge >= 0.3 is 0 Å². The predicted octanol–water partition coefficient (Wildman–Crippen LogP) is 6.97. The van der Waals surface area contributed by atoms with Crippen LogP contribution in [0.15, 0.2) is 66.7 Å². The zero-order chi connectivity index (χ0) is 17.0. The number of allylic oxidation sites excluding steroid dienone is 2. The van der Waals surface area contributed by atoms with E-state index in [0.717, 1.165) is 12.1 Å². The highest BCUT2D eigenvalue weighted by Crippen LogP contribution is 2.52. The van der Waals surface area contributed by atoms with Crippen molar-refractivity contribution in [1.29, 1.82) is 0 Å². The van der Waals surface area contributed by atoms with Gasteiger partial charge in [-0.15, -0.1) is 0 Å². The van der Waals surface area contributed by atoms with Crippen molar-refractivity contribution in [2.75, 3.05) is 5.32 Å². The van der Waals surface area contributed by atoms with Gasteiger partial charge in [0.2, 0.25) is 0 Å². The number of benzene rings is 3. The summed E-state index contributed by atoms with van der Waals surface area (Å²) in [5.41, 5.74) is 3.58. The number of rotatable bonds is 1. The second kappa shape index (κ2) is 5.79. The van der Waals surface area contributed by atoms with Gasteiger partial charge in [-0.1, -0.05) is 77.8 Å². The summed E-state index contributed by atoms with van der Waals surface area (Å²) in [5.74, 6) is 0.837. The van der Waals surface area contributed by atoms with Crippen LogP contribution in [0.3, 0.4) is 0 Å². The SMILES string of the molecule is Clc1cc(Cl)c2c(c1)C1C=CCC1[C@@H](c1cccc3ccccc13)N2. The molecule has 0 amide bonds. The van der Waals surface area contributed by atoms with Crippen molar-refractivity contribution in [3.63, 3.8) is 0 Å². The molecule has 1 nitrogen and oxygen atoms in total. The minimum Gasteiger partial charge on any atom is -0.376 e. The molecule has 25 heavy (non-hydrogen) atoms. The van der Waals surface area contributed by atoms with Crippen LogP contribution in [0, 0.1) is 5.92 Å². The molecule has 1 heterocycles. The minimum atomic E-state index is 0.234. The maximum atomic E-state index is 6.54. The molecule has 124 valence electrons. The molecule has 1 N–H and O–H groups in total. The van der Waals surface area contributed by atoms with Gasteiger partial charge in [0.25, 0.3) is 0 Å². The Morgan fingerprint density at radius 2 is 1.76 bits per heavy atom. The Labute approximate surface area is 157 Å². The van der Waals surface area contributed by atoms with E-state index in [1.54, 1.807) is 0 Å². The second-order valence-electron chi connectivity index (χ2n) is 6.90. The number of hydrogen-bond acceptors (Lipinski definition) is 1. The molecule has 3 heteroatoms. The fourth-order valence-electron chi connectivity index (χ4n) is 4.45. The summed E-state index contributed by atoms with van der Waals surface area (Å²) in [6.45, 7) is 0. The van der Waals surface area contributed by atoms with E-state index in [0.29, 0.717) is 21.9 Å². The number of halogens is 2. The zero-order valence-corrected chi connectivity index (χ0v) is 15.1. The molecule has 1 aliphatic heterocycles. The third kappa shape index (κ3) is 2.38. The Morgan fingerprint density at radius 1 is 0.920 bits per heavy atom. The highest BCUT2D eigenvalue weighted by molar-refractivity contribution is 6.36. The molecular formula is C22H17Cl2N. The normalized spacial score (nSPS) is 24.0. The van der Waals surface area contributed by atoms with Gasteiger partial charge in [-0.25, -0.2) is 0 Å². The quantitative estimate of drug-likeness (QED) is 0.459. The van der Waals surface area contributed by atoms with Crippen LogP contribution in [0.2, 0.25) is 10.0 Å². The molecule has 3 atom stereocenters. The average Bonchev–Trinajstić information content (AvgIpc) is 3.11. The van der Waals surface area contributed by atoms with E-state index in [4.69, 9.17) is 23.2 Å². The summed E-state index contributed by atoms with van der Waals surface area (Å²) in [7, 11) is 0. The second-order valence-corrected chi connectivity index (χ2v) is 7.74. The molecule has 0 saturated heterocycles. The van der Waals surface area contributed by atoms with Crippen LogP contribution < -0.4 is 5.32 Å². The lowest BCUT2D eigenvalue weighted by atomic mass is 9.76. The molecule has 5 rings (SSSR count). The van der Waals surface area contributed by atoms with Gasteiger partial charge in [-0.05, 0) is 46.4 Å². The first kappa shape index (κ1) is 15.3. The topological polar surface area (TPSA) is 12.0 Å². The van der Waals surface area contributed by atoms with Gasteiger partial charge in [0.15, 0.2) is 0 Å². The highest BCUT2D eigenvalue weighted by Gasteiger charge is 2.39. The van der Waals surface area contributed by atoms with E-state index in [9.17, 15) is 0 Å². The third-order valence-corrected chi connectivity index (χ3v) is 6.06. The van der Waals surface area contributed by atoms with Crippen molar-refractivity contribution in [3.8, 4) is 0 Å². The fourth-order valence-corrected chi connectivity index (χ4v) is 5.01. The van der Waals surface area contributed by atoms with Crippen molar-refractivity contribution < 1.29 is 0 Å². The molecule has 2 unspecified atom stereocenters. The summed E-state index contributed by atoms with van der Waals surface area (Å²) in [4.78, 5) is 0. The maximum Gasteiger partial charge on any atom is 0.0655 e. The first-order valence-electron chi connectivity index (χ1n) is 8.62. The van der Waals surface area contributed by atoms with Crippen LogP contribution in [0.1, 0.15) is 29.5 Å². The summed E-state index contributed by atoms with van der Waals surface area (Å²) in [6.07, 6.45) is 5.67. The van der Waals surface area contributed by atoms with Gasteiger partial charge in [-0.3, -0.25) is 0 Å². The largest absolute Gasteiger partial charge is 0.376 e. The third-order valence-electron chi connectivity index (χ3n) is 5.54. The van der Waals surface area contributed by atoms with Crippen molar-refractivity contribution in [2.24, 2.45) is 5.92 Å². The van der Waals surface area contributed by atoms with E-state index in [1.165, 1.54) is 21.9 Å². The fraction of sp³-hybridized carbons (Fsp3) is 0.182. The van der Waals surface area contributed by atoms with E-state index >= 15 is 0 Å². The standard InChI is InChI=1S/C22H17Cl2N/c23-14-11-19-16-8-4-10-18(16)21(25-22(19)20(24)12-14)17-9-3-6-13-5-1-2-7-15(13)17/h1-9,11-12,16,18,21,25H,10H2/t16?,18?,21-/m1/s1. The molecule has 0 radical (unpaired) electrons. The first-order chi connectivity index (χ1) is 12.2. The van der Waals surface area contributed by atoms with Crippen molar-refractivity contribution in [3.05, 3.63) is 87.9 Å². The summed E-state index contributed by atoms with van der Waals surface area (Å²) < 4.78 is 0. The van der Waals surface area contributed by atoms with Crippen LogP contribution in [0.4, 0.5) is 5.69 Å². The molecule has 0 saturated carbocycles. The van der Waals surface area contributed by atoms with E-state index < -0.39 is 0 Å². The molecule has 3 aromatic rings. The van der Waals surface area contributed by atoms with E-state index in [-0.39, 0.29) is 6.04 Å². The van der Waals surface area contributed by atoms with Gasteiger partial charge < -0.3 is 5.32 Å².